The van der Waals surface area contributed by atoms with Crippen molar-refractivity contribution in [3.63, 3.8) is 0 Å². The van der Waals surface area contributed by atoms with Crippen LogP contribution in [-0.2, 0) is 18.8 Å². The molecule has 0 aliphatic carbocycles. The number of carbonyl (C=O) groups excluding carboxylic acids is 2. The molecule has 208 valence electrons. The van der Waals surface area contributed by atoms with Gasteiger partial charge in [-0.05, 0) is 48.4 Å². The van der Waals surface area contributed by atoms with Gasteiger partial charge >= 0.3 is 12.4 Å². The average Bonchev–Trinajstić information content (AvgIpc) is 3.34. The van der Waals surface area contributed by atoms with Crippen LogP contribution in [0.25, 0.3) is 10.9 Å². The van der Waals surface area contributed by atoms with Crippen LogP contribution in [0.5, 0.6) is 0 Å². The molecule has 40 heavy (non-hydrogen) atoms. The van der Waals surface area contributed by atoms with E-state index in [0.29, 0.717) is 17.7 Å². The van der Waals surface area contributed by atoms with Crippen LogP contribution in [0.1, 0.15) is 37.4 Å². The lowest BCUT2D eigenvalue weighted by Gasteiger charge is -2.41. The van der Waals surface area contributed by atoms with Gasteiger partial charge in [-0.15, -0.1) is 0 Å². The van der Waals surface area contributed by atoms with Gasteiger partial charge in [-0.3, -0.25) is 14.6 Å². The van der Waals surface area contributed by atoms with E-state index in [-0.39, 0.29) is 38.0 Å². The fraction of sp³-hybridized carbons (Fsp3) is 0.250. The Morgan fingerprint density at radius 2 is 1.57 bits per heavy atom. The van der Waals surface area contributed by atoms with Crippen LogP contribution in [0.3, 0.4) is 0 Å². The second-order valence-electron chi connectivity index (χ2n) is 9.50. The maximum absolute atomic E-state index is 13.6. The molecule has 1 aliphatic rings. The summed E-state index contributed by atoms with van der Waals surface area (Å²) in [5.74, 6) is -1.32. The first-order chi connectivity index (χ1) is 18.9. The Bertz CT molecular complexity index is 1520. The average molecular weight is 560 g/mol. The number of alkyl halides is 6. The van der Waals surface area contributed by atoms with E-state index in [4.69, 9.17) is 0 Å². The van der Waals surface area contributed by atoms with E-state index in [9.17, 15) is 35.9 Å². The van der Waals surface area contributed by atoms with E-state index in [0.717, 1.165) is 16.5 Å². The van der Waals surface area contributed by atoms with E-state index >= 15 is 0 Å². The summed E-state index contributed by atoms with van der Waals surface area (Å²) in [6.07, 6.45) is -5.32. The summed E-state index contributed by atoms with van der Waals surface area (Å²) in [5, 5.41) is 0.851. The van der Waals surface area contributed by atoms with Crippen LogP contribution in [0.15, 0.2) is 73.2 Å². The maximum Gasteiger partial charge on any atom is 0.416 e. The highest BCUT2D eigenvalue weighted by Gasteiger charge is 2.39. The van der Waals surface area contributed by atoms with Crippen molar-refractivity contribution in [1.82, 2.24) is 19.8 Å². The second-order valence-corrected chi connectivity index (χ2v) is 9.50. The zero-order chi connectivity index (χ0) is 28.7. The van der Waals surface area contributed by atoms with Crippen LogP contribution in [0, 0.1) is 0 Å². The van der Waals surface area contributed by atoms with Crippen LogP contribution >= 0.6 is 0 Å². The first-order valence-electron chi connectivity index (χ1n) is 12.3. The van der Waals surface area contributed by atoms with Gasteiger partial charge in [0.15, 0.2) is 0 Å². The molecular formula is C28H22F6N4O2. The minimum atomic E-state index is -5.09. The standard InChI is InChI=1S/C28H22F6N4O2/c29-27(30,31)20-10-18(11-21(13-20)28(32,33)34)26(40)38-9-8-37(25(39)17-4-3-7-35-14-17)16-22(38)12-19-15-36-24-6-2-1-5-23(19)24/h1-7,10-11,13-15,22,36H,8-9,12,16H2/t22-/m1/s1. The molecule has 1 N–H and O–H groups in total. The predicted molar refractivity (Wildman–Crippen MR) is 133 cm³/mol. The number of pyridine rings is 1. The van der Waals surface area contributed by atoms with Crippen molar-refractivity contribution in [2.24, 2.45) is 0 Å². The van der Waals surface area contributed by atoms with Gasteiger partial charge in [-0.1, -0.05) is 18.2 Å². The molecule has 0 unspecified atom stereocenters. The van der Waals surface area contributed by atoms with Crippen molar-refractivity contribution in [2.45, 2.75) is 24.8 Å². The molecule has 0 saturated carbocycles. The molecule has 2 aromatic heterocycles. The molecule has 6 nitrogen and oxygen atoms in total. The number of carbonyl (C=O) groups is 2. The lowest BCUT2D eigenvalue weighted by molar-refractivity contribution is -0.143. The van der Waals surface area contributed by atoms with E-state index in [2.05, 4.69) is 9.97 Å². The van der Waals surface area contributed by atoms with Gasteiger partial charge in [0.25, 0.3) is 11.8 Å². The molecule has 2 amide bonds. The number of aromatic nitrogens is 2. The number of rotatable bonds is 4. The van der Waals surface area contributed by atoms with Crippen LogP contribution in [0.2, 0.25) is 0 Å². The molecule has 2 aromatic carbocycles. The zero-order valence-corrected chi connectivity index (χ0v) is 20.8. The summed E-state index contributed by atoms with van der Waals surface area (Å²) in [4.78, 5) is 36.6. The number of nitrogens with one attached hydrogen (secondary N) is 1. The number of hydrogen-bond donors (Lipinski definition) is 1. The lowest BCUT2D eigenvalue weighted by Crippen LogP contribution is -2.57. The molecule has 0 spiro atoms. The van der Waals surface area contributed by atoms with Crippen LogP contribution in [-0.4, -0.2) is 57.3 Å². The minimum Gasteiger partial charge on any atom is -0.361 e. The van der Waals surface area contributed by atoms with Crippen molar-refractivity contribution in [3.8, 4) is 0 Å². The van der Waals surface area contributed by atoms with Crippen molar-refractivity contribution < 1.29 is 35.9 Å². The number of piperazine rings is 1. The summed E-state index contributed by atoms with van der Waals surface area (Å²) >= 11 is 0. The topological polar surface area (TPSA) is 69.3 Å². The molecular weight excluding hydrogens is 538 g/mol. The number of aromatic amines is 1. The molecule has 1 saturated heterocycles. The zero-order valence-electron chi connectivity index (χ0n) is 20.8. The molecule has 3 heterocycles. The van der Waals surface area contributed by atoms with E-state index in [1.54, 1.807) is 18.3 Å². The smallest absolute Gasteiger partial charge is 0.361 e. The fourth-order valence-electron chi connectivity index (χ4n) is 4.95. The van der Waals surface area contributed by atoms with Crippen LogP contribution < -0.4 is 0 Å². The molecule has 1 atom stereocenters. The molecule has 0 radical (unpaired) electrons. The number of nitrogens with zero attached hydrogens (tertiary/aromatic N) is 3. The molecule has 4 aromatic rings. The van der Waals surface area contributed by atoms with Gasteiger partial charge in [0.05, 0.1) is 22.7 Å². The summed E-state index contributed by atoms with van der Waals surface area (Å²) < 4.78 is 80.9. The van der Waals surface area contributed by atoms with Crippen molar-refractivity contribution in [3.05, 3.63) is 101 Å². The van der Waals surface area contributed by atoms with Gasteiger partial charge in [0, 0.05) is 54.7 Å². The first-order valence-corrected chi connectivity index (χ1v) is 12.3. The maximum atomic E-state index is 13.6. The van der Waals surface area contributed by atoms with Crippen molar-refractivity contribution in [1.29, 1.82) is 0 Å². The Morgan fingerprint density at radius 3 is 2.23 bits per heavy atom. The Balaban J connectivity index is 1.51. The number of halogens is 6. The summed E-state index contributed by atoms with van der Waals surface area (Å²) in [6, 6.07) is 10.7. The molecule has 0 bridgehead atoms. The van der Waals surface area contributed by atoms with Crippen molar-refractivity contribution >= 4 is 22.7 Å². The van der Waals surface area contributed by atoms with Gasteiger partial charge < -0.3 is 14.8 Å². The third kappa shape index (κ3) is 5.51. The quantitative estimate of drug-likeness (QED) is 0.321. The van der Waals surface area contributed by atoms with Gasteiger partial charge in [0.2, 0.25) is 0 Å². The number of benzene rings is 2. The number of amides is 2. The third-order valence-electron chi connectivity index (χ3n) is 6.90. The van der Waals surface area contributed by atoms with E-state index in [1.807, 2.05) is 24.3 Å². The highest BCUT2D eigenvalue weighted by atomic mass is 19.4. The number of para-hydroxylation sites is 1. The largest absolute Gasteiger partial charge is 0.416 e. The highest BCUT2D eigenvalue weighted by molar-refractivity contribution is 5.96. The van der Waals surface area contributed by atoms with Gasteiger partial charge in [0.1, 0.15) is 0 Å². The summed E-state index contributed by atoms with van der Waals surface area (Å²) in [7, 11) is 0. The number of H-pyrrole nitrogens is 1. The molecule has 12 heteroatoms. The Labute approximate surface area is 224 Å². The third-order valence-corrected chi connectivity index (χ3v) is 6.90. The van der Waals surface area contributed by atoms with Crippen molar-refractivity contribution in [2.75, 3.05) is 19.6 Å². The Kier molecular flexibility index (Phi) is 7.03. The Hall–Kier alpha value is -4.35. The first kappa shape index (κ1) is 27.2. The fourth-order valence-corrected chi connectivity index (χ4v) is 4.95. The molecule has 1 aliphatic heterocycles. The lowest BCUT2D eigenvalue weighted by atomic mass is 9.98. The summed E-state index contributed by atoms with van der Waals surface area (Å²) in [6.45, 7) is -0.0333. The minimum absolute atomic E-state index is 0.00922. The summed E-state index contributed by atoms with van der Waals surface area (Å²) in [5.41, 5.74) is -1.93. The molecule has 5 rings (SSSR count). The van der Waals surface area contributed by atoms with Gasteiger partial charge in [-0.2, -0.15) is 26.3 Å². The SMILES string of the molecule is O=C(c1cccnc1)N1CCN(C(=O)c2cc(C(F)(F)F)cc(C(F)(F)F)c2)[C@H](Cc2c[nH]c3ccccc23)C1. The normalized spacial score (nSPS) is 16.4. The molecule has 1 fully saturated rings. The number of fused-ring (bicyclic) bond motifs is 1. The van der Waals surface area contributed by atoms with E-state index in [1.165, 1.54) is 22.2 Å². The number of hydrogen-bond acceptors (Lipinski definition) is 3. The van der Waals surface area contributed by atoms with E-state index < -0.39 is 41.0 Å². The Morgan fingerprint density at radius 1 is 0.875 bits per heavy atom. The second kappa shape index (κ2) is 10.3. The predicted octanol–water partition coefficient (Wildman–Crippen LogP) is 5.81. The van der Waals surface area contributed by atoms with Gasteiger partial charge in [-0.25, -0.2) is 0 Å². The highest BCUT2D eigenvalue weighted by Crippen LogP contribution is 2.37. The van der Waals surface area contributed by atoms with Crippen LogP contribution in [0.4, 0.5) is 26.3 Å². The monoisotopic (exact) mass is 560 g/mol.